The molecule has 1 unspecified atom stereocenters. The first kappa shape index (κ1) is 16.3. The number of nitrogens with one attached hydrogen (secondary N) is 1. The van der Waals surface area contributed by atoms with E-state index in [0.717, 1.165) is 0 Å². The third kappa shape index (κ3) is 5.50. The molecule has 0 fully saturated rings. The van der Waals surface area contributed by atoms with Gasteiger partial charge in [-0.1, -0.05) is 32.4 Å². The van der Waals surface area contributed by atoms with E-state index in [1.54, 1.807) is 18.2 Å². The van der Waals surface area contributed by atoms with Crippen LogP contribution in [0, 0.1) is 16.7 Å². The lowest BCUT2D eigenvalue weighted by Crippen LogP contribution is -2.28. The molecule has 1 aromatic carbocycles. The number of hydrogen-bond donors (Lipinski definition) is 2. The molecule has 0 spiro atoms. The lowest BCUT2D eigenvalue weighted by atomic mass is 9.87. The largest absolute Gasteiger partial charge is 0.481 e. The summed E-state index contributed by atoms with van der Waals surface area (Å²) in [7, 11) is 0. The van der Waals surface area contributed by atoms with Gasteiger partial charge in [0.1, 0.15) is 0 Å². The molecule has 1 aromatic rings. The first-order valence-electron chi connectivity index (χ1n) is 6.39. The van der Waals surface area contributed by atoms with Gasteiger partial charge in [-0.05, 0) is 30.0 Å². The number of hydrogen-bond acceptors (Lipinski definition) is 3. The average molecular weight is 295 g/mol. The normalized spacial score (nSPS) is 12.6. The number of benzene rings is 1. The van der Waals surface area contributed by atoms with Crippen LogP contribution in [0.1, 0.15) is 39.2 Å². The predicted molar refractivity (Wildman–Crippen MR) is 79.9 cm³/mol. The second-order valence-electron chi connectivity index (χ2n) is 6.01. The number of rotatable bonds is 5. The van der Waals surface area contributed by atoms with Crippen LogP contribution in [0.5, 0.6) is 0 Å². The average Bonchev–Trinajstić information content (AvgIpc) is 2.28. The lowest BCUT2D eigenvalue weighted by Gasteiger charge is -2.27. The minimum atomic E-state index is -0.850. The van der Waals surface area contributed by atoms with Gasteiger partial charge in [-0.25, -0.2) is 0 Å². The Morgan fingerprint density at radius 2 is 2.15 bits per heavy atom. The van der Waals surface area contributed by atoms with E-state index < -0.39 is 5.97 Å². The van der Waals surface area contributed by atoms with Crippen molar-refractivity contribution >= 4 is 23.3 Å². The Labute approximate surface area is 124 Å². The molecule has 2 N–H and O–H groups in total. The summed E-state index contributed by atoms with van der Waals surface area (Å²) in [6, 6.07) is 6.73. The van der Waals surface area contributed by atoms with Gasteiger partial charge in [-0.2, -0.15) is 5.26 Å². The maximum Gasteiger partial charge on any atom is 0.305 e. The van der Waals surface area contributed by atoms with E-state index in [0.29, 0.717) is 22.7 Å². The molecule has 1 rings (SSSR count). The molecule has 0 amide bonds. The summed E-state index contributed by atoms with van der Waals surface area (Å²) < 4.78 is 0. The molecule has 0 aliphatic heterocycles. The third-order valence-corrected chi connectivity index (χ3v) is 3.05. The number of nitrogens with zero attached hydrogens (tertiary/aromatic N) is 1. The van der Waals surface area contributed by atoms with E-state index in [-0.39, 0.29) is 17.9 Å². The highest BCUT2D eigenvalue weighted by molar-refractivity contribution is 6.33. The molecule has 0 aliphatic carbocycles. The summed E-state index contributed by atoms with van der Waals surface area (Å²) in [5.74, 6) is -0.850. The Morgan fingerprint density at radius 1 is 1.50 bits per heavy atom. The highest BCUT2D eigenvalue weighted by Gasteiger charge is 2.21. The van der Waals surface area contributed by atoms with Gasteiger partial charge in [0.25, 0.3) is 0 Å². The molecule has 0 heterocycles. The van der Waals surface area contributed by atoms with Crippen molar-refractivity contribution in [3.63, 3.8) is 0 Å². The molecule has 20 heavy (non-hydrogen) atoms. The van der Waals surface area contributed by atoms with E-state index in [4.69, 9.17) is 22.0 Å². The van der Waals surface area contributed by atoms with Crippen molar-refractivity contribution < 1.29 is 9.90 Å². The van der Waals surface area contributed by atoms with Crippen LogP contribution in [0.25, 0.3) is 0 Å². The van der Waals surface area contributed by atoms with Crippen LogP contribution in [-0.2, 0) is 4.79 Å². The van der Waals surface area contributed by atoms with Crippen LogP contribution in [0.4, 0.5) is 5.69 Å². The molecule has 5 heteroatoms. The van der Waals surface area contributed by atoms with Crippen LogP contribution in [-0.4, -0.2) is 17.1 Å². The number of carbonyl (C=O) groups is 1. The van der Waals surface area contributed by atoms with E-state index in [2.05, 4.69) is 26.1 Å². The highest BCUT2D eigenvalue weighted by atomic mass is 35.5. The van der Waals surface area contributed by atoms with Crippen molar-refractivity contribution in [1.82, 2.24) is 0 Å². The molecule has 0 saturated carbocycles. The standard InChI is InChI=1S/C15H19ClN2O2/c1-15(2,3)8-11(7-14(19)20)18-13-5-4-10(9-17)6-12(13)16/h4-6,11,18H,7-8H2,1-3H3,(H,19,20). The van der Waals surface area contributed by atoms with Gasteiger partial charge in [0.15, 0.2) is 0 Å². The Hall–Kier alpha value is -1.73. The number of carboxylic acids is 1. The fourth-order valence-electron chi connectivity index (χ4n) is 2.05. The smallest absolute Gasteiger partial charge is 0.305 e. The molecule has 0 saturated heterocycles. The SMILES string of the molecule is CC(C)(C)CC(CC(=O)O)Nc1ccc(C#N)cc1Cl. The van der Waals surface area contributed by atoms with Gasteiger partial charge in [0.2, 0.25) is 0 Å². The second kappa shape index (κ2) is 6.62. The van der Waals surface area contributed by atoms with Gasteiger partial charge in [-0.15, -0.1) is 0 Å². The summed E-state index contributed by atoms with van der Waals surface area (Å²) in [4.78, 5) is 11.0. The van der Waals surface area contributed by atoms with Crippen LogP contribution in [0.2, 0.25) is 5.02 Å². The van der Waals surface area contributed by atoms with E-state index in [1.807, 2.05) is 6.07 Å². The quantitative estimate of drug-likeness (QED) is 0.863. The van der Waals surface area contributed by atoms with Crippen molar-refractivity contribution in [2.24, 2.45) is 5.41 Å². The Morgan fingerprint density at radius 3 is 2.60 bits per heavy atom. The maximum absolute atomic E-state index is 11.0. The lowest BCUT2D eigenvalue weighted by molar-refractivity contribution is -0.137. The fraction of sp³-hybridized carbons (Fsp3) is 0.467. The summed E-state index contributed by atoms with van der Waals surface area (Å²) in [6.07, 6.45) is 0.725. The Kier molecular flexibility index (Phi) is 5.41. The predicted octanol–water partition coefficient (Wildman–Crippen LogP) is 3.90. The maximum atomic E-state index is 11.0. The molecule has 0 radical (unpaired) electrons. The van der Waals surface area contributed by atoms with Crippen LogP contribution in [0.3, 0.4) is 0 Å². The monoisotopic (exact) mass is 294 g/mol. The summed E-state index contributed by atoms with van der Waals surface area (Å²) in [5.41, 5.74) is 1.14. The summed E-state index contributed by atoms with van der Waals surface area (Å²) >= 11 is 6.10. The summed E-state index contributed by atoms with van der Waals surface area (Å²) in [5, 5.41) is 21.4. The third-order valence-electron chi connectivity index (χ3n) is 2.74. The Balaban J connectivity index is 2.89. The topological polar surface area (TPSA) is 73.1 Å². The number of nitriles is 1. The minimum absolute atomic E-state index is 0.00614. The van der Waals surface area contributed by atoms with Crippen molar-refractivity contribution in [1.29, 1.82) is 5.26 Å². The van der Waals surface area contributed by atoms with Crippen LogP contribution < -0.4 is 5.32 Å². The highest BCUT2D eigenvalue weighted by Crippen LogP contribution is 2.28. The van der Waals surface area contributed by atoms with Crippen molar-refractivity contribution in [2.45, 2.75) is 39.7 Å². The molecule has 0 aliphatic rings. The van der Waals surface area contributed by atoms with Gasteiger partial charge >= 0.3 is 5.97 Å². The second-order valence-corrected chi connectivity index (χ2v) is 6.42. The fourth-order valence-corrected chi connectivity index (χ4v) is 2.28. The van der Waals surface area contributed by atoms with Crippen LogP contribution in [0.15, 0.2) is 18.2 Å². The van der Waals surface area contributed by atoms with Gasteiger partial charge in [-0.3, -0.25) is 4.79 Å². The van der Waals surface area contributed by atoms with E-state index in [1.165, 1.54) is 0 Å². The minimum Gasteiger partial charge on any atom is -0.481 e. The zero-order valence-electron chi connectivity index (χ0n) is 11.9. The van der Waals surface area contributed by atoms with Crippen molar-refractivity contribution in [3.05, 3.63) is 28.8 Å². The molecule has 4 nitrogen and oxygen atoms in total. The van der Waals surface area contributed by atoms with Crippen molar-refractivity contribution in [3.8, 4) is 6.07 Å². The van der Waals surface area contributed by atoms with E-state index in [9.17, 15) is 4.79 Å². The molecule has 108 valence electrons. The van der Waals surface area contributed by atoms with E-state index >= 15 is 0 Å². The zero-order valence-corrected chi connectivity index (χ0v) is 12.7. The molecule has 1 atom stereocenters. The van der Waals surface area contributed by atoms with Crippen LogP contribution >= 0.6 is 11.6 Å². The zero-order chi connectivity index (χ0) is 15.3. The molecule has 0 aromatic heterocycles. The molecular weight excluding hydrogens is 276 g/mol. The van der Waals surface area contributed by atoms with Gasteiger partial charge in [0, 0.05) is 6.04 Å². The van der Waals surface area contributed by atoms with Crippen molar-refractivity contribution in [2.75, 3.05) is 5.32 Å². The van der Waals surface area contributed by atoms with Gasteiger partial charge in [0.05, 0.1) is 28.8 Å². The molecular formula is C15H19ClN2O2. The number of carboxylic acid groups (broad SMARTS) is 1. The first-order valence-corrected chi connectivity index (χ1v) is 6.77. The Bertz CT molecular complexity index is 530. The number of anilines is 1. The first-order chi connectivity index (χ1) is 9.21. The molecule has 0 bridgehead atoms. The van der Waals surface area contributed by atoms with Gasteiger partial charge < -0.3 is 10.4 Å². The number of halogens is 1. The summed E-state index contributed by atoms with van der Waals surface area (Å²) in [6.45, 7) is 6.18. The number of aliphatic carboxylic acids is 1.